The molecule has 2 heterocycles. The summed E-state index contributed by atoms with van der Waals surface area (Å²) in [4.78, 5) is 14.4. The van der Waals surface area contributed by atoms with E-state index in [0.717, 1.165) is 20.8 Å². The lowest BCUT2D eigenvalue weighted by Gasteiger charge is -2.22. The lowest BCUT2D eigenvalue weighted by molar-refractivity contribution is 0.0942. The van der Waals surface area contributed by atoms with Crippen LogP contribution in [0.4, 0.5) is 0 Å². The third kappa shape index (κ3) is 3.49. The number of nitrogens with one attached hydrogen (secondary N) is 1. The summed E-state index contributed by atoms with van der Waals surface area (Å²) in [5.74, 6) is -0.00711. The third-order valence-corrected chi connectivity index (χ3v) is 6.12. The molecule has 0 bridgehead atoms. The van der Waals surface area contributed by atoms with E-state index in [2.05, 4.69) is 23.8 Å². The van der Waals surface area contributed by atoms with Gasteiger partial charge in [0.25, 0.3) is 5.91 Å². The number of nitrogens with zero attached hydrogens (tertiary/aromatic N) is 2. The first-order valence-corrected chi connectivity index (χ1v) is 9.70. The fraction of sp³-hybridized carbons (Fsp3) is 0.667. The molecule has 132 valence electrons. The Balaban J connectivity index is 1.82. The molecule has 24 heavy (non-hydrogen) atoms. The lowest BCUT2D eigenvalue weighted by Crippen LogP contribution is -2.38. The summed E-state index contributed by atoms with van der Waals surface area (Å²) in [5, 5.41) is 8.89. The molecule has 1 fully saturated rings. The SMILES string of the molecule is Cc1nn(C2CCCCC2)c2sc(C(=O)NCC(C)(C)CN)cc12. The third-order valence-electron chi connectivity index (χ3n) is 4.99. The van der Waals surface area contributed by atoms with Gasteiger partial charge in [-0.25, -0.2) is 0 Å². The number of aryl methyl sites for hydroxylation is 1. The van der Waals surface area contributed by atoms with Crippen LogP contribution < -0.4 is 11.1 Å². The van der Waals surface area contributed by atoms with Gasteiger partial charge in [-0.1, -0.05) is 33.1 Å². The van der Waals surface area contributed by atoms with Gasteiger partial charge in [-0.2, -0.15) is 5.10 Å². The van der Waals surface area contributed by atoms with Crippen molar-refractivity contribution in [3.63, 3.8) is 0 Å². The van der Waals surface area contributed by atoms with E-state index in [4.69, 9.17) is 10.8 Å². The summed E-state index contributed by atoms with van der Waals surface area (Å²) < 4.78 is 2.18. The molecule has 3 N–H and O–H groups in total. The van der Waals surface area contributed by atoms with Crippen LogP contribution in [0.25, 0.3) is 10.2 Å². The highest BCUT2D eigenvalue weighted by molar-refractivity contribution is 7.20. The number of fused-ring (bicyclic) bond motifs is 1. The fourth-order valence-electron chi connectivity index (χ4n) is 3.24. The van der Waals surface area contributed by atoms with Gasteiger partial charge >= 0.3 is 0 Å². The zero-order valence-electron chi connectivity index (χ0n) is 14.9. The van der Waals surface area contributed by atoms with Gasteiger partial charge in [0, 0.05) is 11.9 Å². The lowest BCUT2D eigenvalue weighted by atomic mass is 9.94. The number of aromatic nitrogens is 2. The van der Waals surface area contributed by atoms with Crippen molar-refractivity contribution in [2.45, 2.75) is 58.9 Å². The van der Waals surface area contributed by atoms with Gasteiger partial charge in [0.1, 0.15) is 4.83 Å². The van der Waals surface area contributed by atoms with Crippen LogP contribution in [0.15, 0.2) is 6.07 Å². The van der Waals surface area contributed by atoms with Crippen LogP contribution in [0.3, 0.4) is 0 Å². The molecule has 0 spiro atoms. The smallest absolute Gasteiger partial charge is 0.261 e. The van der Waals surface area contributed by atoms with Crippen molar-refractivity contribution in [3.05, 3.63) is 16.6 Å². The highest BCUT2D eigenvalue weighted by Crippen LogP contribution is 2.35. The molecule has 6 heteroatoms. The number of carbonyl (C=O) groups excluding carboxylic acids is 1. The fourth-order valence-corrected chi connectivity index (χ4v) is 4.39. The molecule has 2 aromatic heterocycles. The Bertz CT molecular complexity index is 725. The number of amides is 1. The second-order valence-electron chi connectivity index (χ2n) is 7.70. The van der Waals surface area contributed by atoms with E-state index >= 15 is 0 Å². The zero-order chi connectivity index (χ0) is 17.3. The van der Waals surface area contributed by atoms with Crippen LogP contribution in [0.2, 0.25) is 0 Å². The monoisotopic (exact) mass is 348 g/mol. The van der Waals surface area contributed by atoms with Crippen molar-refractivity contribution in [2.24, 2.45) is 11.1 Å². The number of thiophene rings is 1. The van der Waals surface area contributed by atoms with E-state index in [0.29, 0.717) is 19.1 Å². The van der Waals surface area contributed by atoms with E-state index in [-0.39, 0.29) is 11.3 Å². The molecule has 1 amide bonds. The minimum Gasteiger partial charge on any atom is -0.351 e. The average Bonchev–Trinajstić information content (AvgIpc) is 3.14. The Kier molecular flexibility index (Phi) is 4.97. The van der Waals surface area contributed by atoms with Crippen molar-refractivity contribution in [3.8, 4) is 0 Å². The first kappa shape index (κ1) is 17.4. The molecular formula is C18H28N4OS. The zero-order valence-corrected chi connectivity index (χ0v) is 15.7. The molecule has 5 nitrogen and oxygen atoms in total. The quantitative estimate of drug-likeness (QED) is 0.866. The molecule has 0 aromatic carbocycles. The van der Waals surface area contributed by atoms with Crippen LogP contribution in [0.1, 0.15) is 67.4 Å². The maximum atomic E-state index is 12.5. The molecular weight excluding hydrogens is 320 g/mol. The van der Waals surface area contributed by atoms with Crippen LogP contribution in [-0.2, 0) is 0 Å². The second-order valence-corrected chi connectivity index (χ2v) is 8.73. The normalized spacial score (nSPS) is 16.7. The van der Waals surface area contributed by atoms with Gasteiger partial charge in [-0.15, -0.1) is 11.3 Å². The molecule has 3 rings (SSSR count). The molecule has 0 atom stereocenters. The summed E-state index contributed by atoms with van der Waals surface area (Å²) in [6.07, 6.45) is 6.27. The highest BCUT2D eigenvalue weighted by atomic mass is 32.1. The average molecular weight is 349 g/mol. The summed E-state index contributed by atoms with van der Waals surface area (Å²) in [6, 6.07) is 2.48. The summed E-state index contributed by atoms with van der Waals surface area (Å²) >= 11 is 1.56. The molecule has 0 aliphatic heterocycles. The molecule has 1 aliphatic rings. The van der Waals surface area contributed by atoms with Crippen molar-refractivity contribution in [1.82, 2.24) is 15.1 Å². The van der Waals surface area contributed by atoms with E-state index in [1.54, 1.807) is 11.3 Å². The molecule has 0 saturated heterocycles. The number of hydrogen-bond acceptors (Lipinski definition) is 4. The highest BCUT2D eigenvalue weighted by Gasteiger charge is 2.23. The summed E-state index contributed by atoms with van der Waals surface area (Å²) in [7, 11) is 0. The van der Waals surface area contributed by atoms with Gasteiger partial charge < -0.3 is 11.1 Å². The van der Waals surface area contributed by atoms with Crippen molar-refractivity contribution < 1.29 is 4.79 Å². The van der Waals surface area contributed by atoms with Crippen molar-refractivity contribution >= 4 is 27.5 Å². The Hall–Kier alpha value is -1.40. The Morgan fingerprint density at radius 1 is 1.42 bits per heavy atom. The topological polar surface area (TPSA) is 72.9 Å². The van der Waals surface area contributed by atoms with Gasteiger partial charge in [0.2, 0.25) is 0 Å². The standard InChI is InChI=1S/C18H28N4OS/c1-12-14-9-15(16(23)20-11-18(2,3)10-19)24-17(14)22(21-12)13-7-5-4-6-8-13/h9,13H,4-8,10-11,19H2,1-3H3,(H,20,23). The molecule has 1 aliphatic carbocycles. The van der Waals surface area contributed by atoms with Crippen molar-refractivity contribution in [1.29, 1.82) is 0 Å². The van der Waals surface area contributed by atoms with Crippen LogP contribution in [0, 0.1) is 12.3 Å². The molecule has 1 saturated carbocycles. The summed E-state index contributed by atoms with van der Waals surface area (Å²) in [6.45, 7) is 7.29. The largest absolute Gasteiger partial charge is 0.351 e. The van der Waals surface area contributed by atoms with Gasteiger partial charge in [-0.3, -0.25) is 9.48 Å². The van der Waals surface area contributed by atoms with E-state index in [1.165, 1.54) is 32.1 Å². The Morgan fingerprint density at radius 2 is 2.12 bits per heavy atom. The molecule has 2 aromatic rings. The number of carbonyl (C=O) groups is 1. The Morgan fingerprint density at radius 3 is 2.79 bits per heavy atom. The number of rotatable bonds is 5. The molecule has 0 unspecified atom stereocenters. The first-order chi connectivity index (χ1) is 11.4. The van der Waals surface area contributed by atoms with E-state index in [1.807, 2.05) is 13.0 Å². The van der Waals surface area contributed by atoms with Crippen molar-refractivity contribution in [2.75, 3.05) is 13.1 Å². The first-order valence-electron chi connectivity index (χ1n) is 8.88. The van der Waals surface area contributed by atoms with E-state index in [9.17, 15) is 4.79 Å². The Labute approximate surface area is 147 Å². The number of hydrogen-bond donors (Lipinski definition) is 2. The van der Waals surface area contributed by atoms with Gasteiger partial charge in [-0.05, 0) is 37.8 Å². The van der Waals surface area contributed by atoms with Crippen LogP contribution >= 0.6 is 11.3 Å². The van der Waals surface area contributed by atoms with Gasteiger partial charge in [0.05, 0.1) is 16.6 Å². The predicted octanol–water partition coefficient (Wildman–Crippen LogP) is 3.63. The summed E-state index contributed by atoms with van der Waals surface area (Å²) in [5.41, 5.74) is 6.68. The van der Waals surface area contributed by atoms with Gasteiger partial charge in [0.15, 0.2) is 0 Å². The van der Waals surface area contributed by atoms with Crippen LogP contribution in [-0.4, -0.2) is 28.8 Å². The number of nitrogens with two attached hydrogens (primary N) is 1. The molecule has 0 radical (unpaired) electrons. The van der Waals surface area contributed by atoms with E-state index < -0.39 is 0 Å². The minimum atomic E-state index is -0.0822. The van der Waals surface area contributed by atoms with Crippen LogP contribution in [0.5, 0.6) is 0 Å². The predicted molar refractivity (Wildman–Crippen MR) is 99.6 cm³/mol. The maximum absolute atomic E-state index is 12.5. The minimum absolute atomic E-state index is 0.00711. The maximum Gasteiger partial charge on any atom is 0.261 e. The second kappa shape index (κ2) is 6.84.